The summed E-state index contributed by atoms with van der Waals surface area (Å²) in [4.78, 5) is 11.2. The minimum Gasteiger partial charge on any atom is -0.444 e. The fourth-order valence-electron chi connectivity index (χ4n) is 1.25. The molecule has 1 heterocycles. The predicted octanol–water partition coefficient (Wildman–Crippen LogP) is 0.821. The Morgan fingerprint density at radius 2 is 2.14 bits per heavy atom. The van der Waals surface area contributed by atoms with Crippen LogP contribution in [0.3, 0.4) is 0 Å². The summed E-state index contributed by atoms with van der Waals surface area (Å²) < 4.78 is 18.1. The molecule has 0 radical (unpaired) electrons. The minimum absolute atomic E-state index is 0.292. The molecule has 1 saturated heterocycles. The van der Waals surface area contributed by atoms with Gasteiger partial charge in [0.15, 0.2) is 0 Å². The van der Waals surface area contributed by atoms with E-state index in [1.165, 1.54) is 0 Å². The molecule has 1 fully saturated rings. The summed E-state index contributed by atoms with van der Waals surface area (Å²) >= 11 is 0. The van der Waals surface area contributed by atoms with Gasteiger partial charge in [0.25, 0.3) is 0 Å². The van der Waals surface area contributed by atoms with Gasteiger partial charge in [-0.1, -0.05) is 0 Å². The van der Waals surface area contributed by atoms with Crippen LogP contribution in [0.25, 0.3) is 0 Å². The number of amides is 1. The first-order valence-electron chi connectivity index (χ1n) is 4.73. The third-order valence-electron chi connectivity index (χ3n) is 1.84. The first kappa shape index (κ1) is 11.2. The average molecular weight is 204 g/mol. The van der Waals surface area contributed by atoms with Gasteiger partial charge < -0.3 is 15.4 Å². The lowest BCUT2D eigenvalue weighted by Gasteiger charge is -2.22. The highest BCUT2D eigenvalue weighted by Crippen LogP contribution is 2.09. The Labute approximate surface area is 83.2 Å². The van der Waals surface area contributed by atoms with Crippen LogP contribution in [-0.4, -0.2) is 37.0 Å². The first-order valence-corrected chi connectivity index (χ1v) is 4.73. The number of alkyl halides is 1. The van der Waals surface area contributed by atoms with Crippen LogP contribution in [0.2, 0.25) is 0 Å². The van der Waals surface area contributed by atoms with Crippen molar-refractivity contribution >= 4 is 6.09 Å². The van der Waals surface area contributed by atoms with Crippen LogP contribution in [0.4, 0.5) is 9.18 Å². The van der Waals surface area contributed by atoms with E-state index in [-0.39, 0.29) is 0 Å². The van der Waals surface area contributed by atoms with Crippen molar-refractivity contribution in [1.29, 1.82) is 0 Å². The van der Waals surface area contributed by atoms with Crippen molar-refractivity contribution in [3.63, 3.8) is 0 Å². The molecule has 0 aliphatic carbocycles. The monoisotopic (exact) mass is 204 g/mol. The molecule has 0 saturated carbocycles. The Morgan fingerprint density at radius 3 is 2.57 bits per heavy atom. The highest BCUT2D eigenvalue weighted by Gasteiger charge is 2.29. The van der Waals surface area contributed by atoms with Crippen molar-refractivity contribution in [2.24, 2.45) is 0 Å². The Hall–Kier alpha value is -0.840. The number of carbonyl (C=O) groups excluding carboxylic acids is 1. The number of ether oxygens (including phenoxy) is 1. The van der Waals surface area contributed by atoms with E-state index in [0.717, 1.165) is 0 Å². The molecule has 14 heavy (non-hydrogen) atoms. The molecule has 4 nitrogen and oxygen atoms in total. The van der Waals surface area contributed by atoms with E-state index >= 15 is 0 Å². The maximum absolute atomic E-state index is 13.0. The van der Waals surface area contributed by atoms with E-state index in [4.69, 9.17) is 4.74 Å². The zero-order valence-electron chi connectivity index (χ0n) is 8.76. The van der Waals surface area contributed by atoms with Gasteiger partial charge in [-0.05, 0) is 20.8 Å². The van der Waals surface area contributed by atoms with Gasteiger partial charge in [0.2, 0.25) is 0 Å². The third-order valence-corrected chi connectivity index (χ3v) is 1.84. The summed E-state index contributed by atoms with van der Waals surface area (Å²) in [7, 11) is 0. The molecular formula is C9H17FN2O2. The van der Waals surface area contributed by atoms with Gasteiger partial charge in [-0.2, -0.15) is 0 Å². The molecule has 2 unspecified atom stereocenters. The van der Waals surface area contributed by atoms with Gasteiger partial charge in [0.05, 0.1) is 6.04 Å². The smallest absolute Gasteiger partial charge is 0.408 e. The summed E-state index contributed by atoms with van der Waals surface area (Å²) in [6.07, 6.45) is -1.59. The molecule has 2 N–H and O–H groups in total. The average Bonchev–Trinajstić information content (AvgIpc) is 2.32. The molecule has 0 spiro atoms. The Bertz CT molecular complexity index is 215. The van der Waals surface area contributed by atoms with Crippen molar-refractivity contribution in [1.82, 2.24) is 10.6 Å². The molecular weight excluding hydrogens is 187 g/mol. The summed E-state index contributed by atoms with van der Waals surface area (Å²) in [5, 5.41) is 5.33. The number of rotatable bonds is 1. The van der Waals surface area contributed by atoms with Gasteiger partial charge in [-0.3, -0.25) is 0 Å². The number of alkyl carbamates (subject to hydrolysis) is 1. The number of carbonyl (C=O) groups is 1. The molecule has 1 amide bonds. The van der Waals surface area contributed by atoms with Crippen molar-refractivity contribution in [3.05, 3.63) is 0 Å². The summed E-state index contributed by atoms with van der Waals surface area (Å²) in [5.41, 5.74) is -0.540. The van der Waals surface area contributed by atoms with E-state index in [1.54, 1.807) is 20.8 Å². The Balaban J connectivity index is 2.33. The van der Waals surface area contributed by atoms with Crippen molar-refractivity contribution in [2.45, 2.75) is 38.6 Å². The van der Waals surface area contributed by atoms with Gasteiger partial charge in [-0.25, -0.2) is 9.18 Å². The molecule has 2 atom stereocenters. The Morgan fingerprint density at radius 1 is 1.50 bits per heavy atom. The van der Waals surface area contributed by atoms with Gasteiger partial charge in [0.1, 0.15) is 11.8 Å². The van der Waals surface area contributed by atoms with Crippen molar-refractivity contribution < 1.29 is 13.9 Å². The first-order chi connectivity index (χ1) is 6.38. The summed E-state index contributed by atoms with van der Waals surface area (Å²) in [6, 6.07) is -0.468. The van der Waals surface area contributed by atoms with Crippen LogP contribution < -0.4 is 10.6 Å². The van der Waals surface area contributed by atoms with Gasteiger partial charge in [0, 0.05) is 13.1 Å². The molecule has 0 aromatic carbocycles. The molecule has 0 aromatic rings. The molecule has 0 aromatic heterocycles. The van der Waals surface area contributed by atoms with Crippen LogP contribution >= 0.6 is 0 Å². The zero-order valence-corrected chi connectivity index (χ0v) is 8.76. The van der Waals surface area contributed by atoms with Crippen molar-refractivity contribution in [2.75, 3.05) is 13.1 Å². The lowest BCUT2D eigenvalue weighted by Crippen LogP contribution is -2.43. The molecule has 5 heteroatoms. The molecule has 82 valence electrons. The summed E-state index contributed by atoms with van der Waals surface area (Å²) in [6.45, 7) is 6.06. The summed E-state index contributed by atoms with van der Waals surface area (Å²) in [5.74, 6) is 0. The van der Waals surface area contributed by atoms with Crippen LogP contribution in [0.5, 0.6) is 0 Å². The number of halogens is 1. The van der Waals surface area contributed by atoms with Gasteiger partial charge >= 0.3 is 6.09 Å². The maximum Gasteiger partial charge on any atom is 0.408 e. The second-order valence-electron chi connectivity index (χ2n) is 4.43. The second kappa shape index (κ2) is 4.13. The normalized spacial score (nSPS) is 27.4. The topological polar surface area (TPSA) is 50.4 Å². The molecule has 1 aliphatic heterocycles. The zero-order chi connectivity index (χ0) is 10.8. The highest BCUT2D eigenvalue weighted by atomic mass is 19.1. The fourth-order valence-corrected chi connectivity index (χ4v) is 1.25. The van der Waals surface area contributed by atoms with Crippen LogP contribution in [0.1, 0.15) is 20.8 Å². The fraction of sp³-hybridized carbons (Fsp3) is 0.889. The number of nitrogens with one attached hydrogen (secondary N) is 2. The molecule has 1 rings (SSSR count). The van der Waals surface area contributed by atoms with E-state index in [2.05, 4.69) is 10.6 Å². The SMILES string of the molecule is CC(C)(C)OC(=O)NC1CNCC1F. The Kier molecular flexibility index (Phi) is 3.31. The van der Waals surface area contributed by atoms with E-state index in [0.29, 0.717) is 13.1 Å². The van der Waals surface area contributed by atoms with Crippen LogP contribution in [0.15, 0.2) is 0 Å². The third kappa shape index (κ3) is 3.49. The standard InChI is InChI=1S/C9H17FN2O2/c1-9(2,3)14-8(13)12-7-5-11-4-6(7)10/h6-7,11H,4-5H2,1-3H3,(H,12,13). The predicted molar refractivity (Wildman–Crippen MR) is 50.9 cm³/mol. The van der Waals surface area contributed by atoms with E-state index < -0.39 is 23.9 Å². The van der Waals surface area contributed by atoms with Crippen LogP contribution in [0, 0.1) is 0 Å². The maximum atomic E-state index is 13.0. The van der Waals surface area contributed by atoms with Gasteiger partial charge in [-0.15, -0.1) is 0 Å². The second-order valence-corrected chi connectivity index (χ2v) is 4.43. The lowest BCUT2D eigenvalue weighted by atomic mass is 10.2. The van der Waals surface area contributed by atoms with Crippen LogP contribution in [-0.2, 0) is 4.74 Å². The minimum atomic E-state index is -1.03. The van der Waals surface area contributed by atoms with E-state index in [9.17, 15) is 9.18 Å². The van der Waals surface area contributed by atoms with Crippen molar-refractivity contribution in [3.8, 4) is 0 Å². The lowest BCUT2D eigenvalue weighted by molar-refractivity contribution is 0.0490. The van der Waals surface area contributed by atoms with E-state index in [1.807, 2.05) is 0 Å². The molecule has 0 bridgehead atoms. The largest absolute Gasteiger partial charge is 0.444 e. The quantitative estimate of drug-likeness (QED) is 0.665. The number of hydrogen-bond donors (Lipinski definition) is 2. The number of hydrogen-bond acceptors (Lipinski definition) is 3. The highest BCUT2D eigenvalue weighted by molar-refractivity contribution is 5.68. The molecule has 1 aliphatic rings.